The van der Waals surface area contributed by atoms with Crippen molar-refractivity contribution in [1.29, 1.82) is 0 Å². The first-order valence-electron chi connectivity index (χ1n) is 7.57. The minimum Gasteiger partial charge on any atom is -0.396 e. The Labute approximate surface area is 139 Å². The Morgan fingerprint density at radius 3 is 2.57 bits per heavy atom. The normalized spacial score (nSPS) is 17.0. The molecule has 23 heavy (non-hydrogen) atoms. The summed E-state index contributed by atoms with van der Waals surface area (Å²) in [7, 11) is 0. The van der Waals surface area contributed by atoms with Crippen molar-refractivity contribution in [2.24, 2.45) is 5.41 Å². The summed E-state index contributed by atoms with van der Waals surface area (Å²) in [5.74, 6) is -1.96. The largest absolute Gasteiger partial charge is 0.396 e. The molecule has 2 amide bonds. The number of likely N-dealkylation sites (tertiary alicyclic amines) is 1. The number of carbonyl (C=O) groups is 2. The lowest BCUT2D eigenvalue weighted by Crippen LogP contribution is -2.48. The average Bonchev–Trinajstić information content (AvgIpc) is 2.56. The second kappa shape index (κ2) is 7.27. The maximum atomic E-state index is 13.0. The molecule has 1 saturated heterocycles. The highest BCUT2D eigenvalue weighted by molar-refractivity contribution is 6.41. The van der Waals surface area contributed by atoms with Gasteiger partial charge in [0.25, 0.3) is 0 Å². The monoisotopic (exact) mass is 342 g/mol. The van der Waals surface area contributed by atoms with E-state index in [0.29, 0.717) is 25.9 Å². The number of aliphatic hydroxyl groups excluding tert-OH is 1. The molecular weight excluding hydrogens is 323 g/mol. The van der Waals surface area contributed by atoms with Gasteiger partial charge < -0.3 is 15.3 Å². The highest BCUT2D eigenvalue weighted by Gasteiger charge is 2.35. The van der Waals surface area contributed by atoms with E-state index in [9.17, 15) is 19.1 Å². The van der Waals surface area contributed by atoms with Gasteiger partial charge in [0.2, 0.25) is 0 Å². The van der Waals surface area contributed by atoms with Gasteiger partial charge in [-0.15, -0.1) is 0 Å². The van der Waals surface area contributed by atoms with E-state index in [2.05, 4.69) is 5.32 Å². The molecule has 1 fully saturated rings. The molecule has 7 heteroatoms. The van der Waals surface area contributed by atoms with Gasteiger partial charge in [-0.1, -0.05) is 18.5 Å². The van der Waals surface area contributed by atoms with Crippen molar-refractivity contribution < 1.29 is 19.1 Å². The topological polar surface area (TPSA) is 69.6 Å². The number of hydrogen-bond acceptors (Lipinski definition) is 3. The first-order valence-corrected chi connectivity index (χ1v) is 7.95. The Morgan fingerprint density at radius 1 is 1.39 bits per heavy atom. The summed E-state index contributed by atoms with van der Waals surface area (Å²) in [6, 6.07) is 3.54. The zero-order valence-electron chi connectivity index (χ0n) is 12.9. The fourth-order valence-corrected chi connectivity index (χ4v) is 2.93. The zero-order valence-corrected chi connectivity index (χ0v) is 13.7. The van der Waals surface area contributed by atoms with E-state index in [1.165, 1.54) is 11.0 Å². The third kappa shape index (κ3) is 4.00. The van der Waals surface area contributed by atoms with Crippen molar-refractivity contribution in [1.82, 2.24) is 4.90 Å². The number of piperidine rings is 1. The molecule has 0 spiro atoms. The third-order valence-electron chi connectivity index (χ3n) is 4.57. The number of nitrogens with zero attached hydrogens (tertiary/aromatic N) is 1. The van der Waals surface area contributed by atoms with Gasteiger partial charge in [0.1, 0.15) is 5.82 Å². The number of anilines is 1. The maximum absolute atomic E-state index is 13.0. The highest BCUT2D eigenvalue weighted by atomic mass is 35.5. The summed E-state index contributed by atoms with van der Waals surface area (Å²) in [4.78, 5) is 25.7. The van der Waals surface area contributed by atoms with Crippen LogP contribution in [0.2, 0.25) is 5.02 Å². The number of aliphatic hydroxyl groups is 1. The van der Waals surface area contributed by atoms with Gasteiger partial charge in [-0.2, -0.15) is 0 Å². The molecule has 2 N–H and O–H groups in total. The SMILES string of the molecule is CCC1(CO)CCN(C(=O)C(=O)Nc2ccc(F)cc2Cl)CC1. The number of rotatable bonds is 3. The molecule has 126 valence electrons. The highest BCUT2D eigenvalue weighted by Crippen LogP contribution is 2.34. The van der Waals surface area contributed by atoms with Crippen LogP contribution in [-0.4, -0.2) is 41.5 Å². The summed E-state index contributed by atoms with van der Waals surface area (Å²) < 4.78 is 13.0. The van der Waals surface area contributed by atoms with Gasteiger partial charge in [0, 0.05) is 19.7 Å². The predicted octanol–water partition coefficient (Wildman–Crippen LogP) is 2.43. The van der Waals surface area contributed by atoms with Gasteiger partial charge in [-0.3, -0.25) is 9.59 Å². The van der Waals surface area contributed by atoms with Crippen molar-refractivity contribution in [3.05, 3.63) is 29.0 Å². The number of nitrogens with one attached hydrogen (secondary N) is 1. The molecule has 0 unspecified atom stereocenters. The van der Waals surface area contributed by atoms with Crippen LogP contribution in [-0.2, 0) is 9.59 Å². The van der Waals surface area contributed by atoms with Crippen molar-refractivity contribution in [3.8, 4) is 0 Å². The molecule has 1 aliphatic rings. The Hall–Kier alpha value is -1.66. The van der Waals surface area contributed by atoms with Crippen LogP contribution in [0.5, 0.6) is 0 Å². The van der Waals surface area contributed by atoms with E-state index in [-0.39, 0.29) is 22.7 Å². The minimum atomic E-state index is -0.800. The molecule has 1 aromatic rings. The van der Waals surface area contributed by atoms with Gasteiger partial charge in [0.15, 0.2) is 0 Å². The number of carbonyl (C=O) groups excluding carboxylic acids is 2. The van der Waals surface area contributed by atoms with Crippen molar-refractivity contribution in [2.45, 2.75) is 26.2 Å². The van der Waals surface area contributed by atoms with Crippen LogP contribution in [0.15, 0.2) is 18.2 Å². The van der Waals surface area contributed by atoms with Gasteiger partial charge in [-0.25, -0.2) is 4.39 Å². The molecule has 0 radical (unpaired) electrons. The first-order chi connectivity index (χ1) is 10.9. The van der Waals surface area contributed by atoms with Gasteiger partial charge >= 0.3 is 11.8 Å². The fraction of sp³-hybridized carbons (Fsp3) is 0.500. The number of halogens is 2. The number of hydrogen-bond donors (Lipinski definition) is 2. The third-order valence-corrected chi connectivity index (χ3v) is 4.88. The Morgan fingerprint density at radius 2 is 2.04 bits per heavy atom. The van der Waals surface area contributed by atoms with Crippen LogP contribution in [0.25, 0.3) is 0 Å². The maximum Gasteiger partial charge on any atom is 0.313 e. The molecule has 1 heterocycles. The van der Waals surface area contributed by atoms with Crippen LogP contribution in [0.1, 0.15) is 26.2 Å². The summed E-state index contributed by atoms with van der Waals surface area (Å²) in [6.45, 7) is 2.95. The standard InChI is InChI=1S/C16H20ClFN2O3/c1-2-16(10-21)5-7-20(8-6-16)15(23)14(22)19-13-4-3-11(18)9-12(13)17/h3-4,9,21H,2,5-8,10H2,1H3,(H,19,22). The molecule has 0 saturated carbocycles. The molecule has 0 aliphatic carbocycles. The quantitative estimate of drug-likeness (QED) is 0.829. The first kappa shape index (κ1) is 17.7. The van der Waals surface area contributed by atoms with E-state index in [1.807, 2.05) is 6.92 Å². The van der Waals surface area contributed by atoms with E-state index >= 15 is 0 Å². The van der Waals surface area contributed by atoms with Gasteiger partial charge in [0.05, 0.1) is 10.7 Å². The molecule has 5 nitrogen and oxygen atoms in total. The summed E-state index contributed by atoms with van der Waals surface area (Å²) >= 11 is 5.83. The molecule has 0 bridgehead atoms. The minimum absolute atomic E-state index is 0.0371. The lowest BCUT2D eigenvalue weighted by atomic mass is 9.77. The molecule has 2 rings (SSSR count). The lowest BCUT2D eigenvalue weighted by Gasteiger charge is -2.39. The summed E-state index contributed by atoms with van der Waals surface area (Å²) in [5.41, 5.74) is 0.0368. The number of amides is 2. The zero-order chi connectivity index (χ0) is 17.0. The lowest BCUT2D eigenvalue weighted by molar-refractivity contribution is -0.145. The Bertz CT molecular complexity index is 595. The number of benzene rings is 1. The Kier molecular flexibility index (Phi) is 5.59. The van der Waals surface area contributed by atoms with Gasteiger partial charge in [-0.05, 0) is 42.9 Å². The van der Waals surface area contributed by atoms with Crippen molar-refractivity contribution in [3.63, 3.8) is 0 Å². The van der Waals surface area contributed by atoms with E-state index in [0.717, 1.165) is 18.6 Å². The summed E-state index contributed by atoms with van der Waals surface area (Å²) in [5, 5.41) is 11.9. The molecule has 1 aliphatic heterocycles. The van der Waals surface area contributed by atoms with E-state index in [4.69, 9.17) is 11.6 Å². The molecule has 1 aromatic carbocycles. The van der Waals surface area contributed by atoms with Crippen molar-refractivity contribution >= 4 is 29.1 Å². The van der Waals surface area contributed by atoms with Crippen LogP contribution >= 0.6 is 11.6 Å². The second-order valence-corrected chi connectivity index (χ2v) is 6.29. The smallest absolute Gasteiger partial charge is 0.313 e. The molecular formula is C16H20ClFN2O3. The second-order valence-electron chi connectivity index (χ2n) is 5.88. The average molecular weight is 343 g/mol. The van der Waals surface area contributed by atoms with Crippen molar-refractivity contribution in [2.75, 3.05) is 25.0 Å². The van der Waals surface area contributed by atoms with Crippen LogP contribution in [0.3, 0.4) is 0 Å². The molecule has 0 aromatic heterocycles. The summed E-state index contributed by atoms with van der Waals surface area (Å²) in [6.07, 6.45) is 2.16. The Balaban J connectivity index is 1.97. The van der Waals surface area contributed by atoms with Crippen LogP contribution in [0, 0.1) is 11.2 Å². The van der Waals surface area contributed by atoms with E-state index in [1.54, 1.807) is 0 Å². The van der Waals surface area contributed by atoms with E-state index < -0.39 is 17.6 Å². The predicted molar refractivity (Wildman–Crippen MR) is 85.7 cm³/mol. The fourth-order valence-electron chi connectivity index (χ4n) is 2.72. The van der Waals surface area contributed by atoms with Crippen LogP contribution in [0.4, 0.5) is 10.1 Å². The molecule has 0 atom stereocenters. The van der Waals surface area contributed by atoms with Crippen LogP contribution < -0.4 is 5.32 Å².